The molecule has 1 aromatic carbocycles. The second-order valence-corrected chi connectivity index (χ2v) is 10.6. The van der Waals surface area contributed by atoms with Crippen LogP contribution in [-0.2, 0) is 9.53 Å². The van der Waals surface area contributed by atoms with Crippen molar-refractivity contribution in [3.05, 3.63) is 41.6 Å². The van der Waals surface area contributed by atoms with Gasteiger partial charge in [0.05, 0.1) is 11.8 Å². The minimum atomic E-state index is -0.661. The van der Waals surface area contributed by atoms with Gasteiger partial charge in [0, 0.05) is 51.9 Å². The molecule has 1 heterocycles. The second kappa shape index (κ2) is 15.5. The zero-order chi connectivity index (χ0) is 30.6. The van der Waals surface area contributed by atoms with Crippen molar-refractivity contribution >= 4 is 35.4 Å². The fourth-order valence-electron chi connectivity index (χ4n) is 3.59. The lowest BCUT2D eigenvalue weighted by atomic mass is 10.2. The summed E-state index contributed by atoms with van der Waals surface area (Å²) in [7, 11) is 5.10. The number of anilines is 3. The summed E-state index contributed by atoms with van der Waals surface area (Å²) in [5, 5.41) is 8.63. The predicted molar refractivity (Wildman–Crippen MR) is 161 cm³/mol. The van der Waals surface area contributed by atoms with Gasteiger partial charge in [-0.1, -0.05) is 18.8 Å². The summed E-state index contributed by atoms with van der Waals surface area (Å²) in [6.45, 7) is 10.3. The van der Waals surface area contributed by atoms with E-state index in [4.69, 9.17) is 9.72 Å². The molecule has 0 aliphatic rings. The molecule has 0 aliphatic heterocycles. The van der Waals surface area contributed by atoms with Gasteiger partial charge in [-0.15, -0.1) is 0 Å². The number of unbranched alkanes of at least 4 members (excludes halogenated alkanes) is 1. The van der Waals surface area contributed by atoms with Crippen LogP contribution in [0.3, 0.4) is 0 Å². The first-order chi connectivity index (χ1) is 19.4. The van der Waals surface area contributed by atoms with Crippen LogP contribution in [0, 0.1) is 11.8 Å². The van der Waals surface area contributed by atoms with Crippen molar-refractivity contribution in [2.75, 3.05) is 44.4 Å². The summed E-state index contributed by atoms with van der Waals surface area (Å²) < 4.78 is 5.32. The van der Waals surface area contributed by atoms with Crippen molar-refractivity contribution in [2.24, 2.45) is 0 Å². The van der Waals surface area contributed by atoms with Crippen LogP contribution < -0.4 is 20.9 Å². The third-order valence-corrected chi connectivity index (χ3v) is 5.96. The van der Waals surface area contributed by atoms with Gasteiger partial charge in [0.2, 0.25) is 11.9 Å². The maximum Gasteiger partial charge on any atom is 0.410 e. The number of amides is 3. The topological polar surface area (TPSA) is 129 Å². The summed E-state index contributed by atoms with van der Waals surface area (Å²) in [6, 6.07) is 6.39. The van der Waals surface area contributed by atoms with Crippen molar-refractivity contribution in [1.82, 2.24) is 25.5 Å². The first kappa shape index (κ1) is 32.9. The molecule has 0 saturated heterocycles. The fourth-order valence-corrected chi connectivity index (χ4v) is 3.59. The first-order valence-corrected chi connectivity index (χ1v) is 13.8. The Morgan fingerprint density at radius 2 is 1.80 bits per heavy atom. The molecule has 1 atom stereocenters. The Morgan fingerprint density at radius 1 is 1.12 bits per heavy atom. The van der Waals surface area contributed by atoms with Gasteiger partial charge < -0.3 is 25.6 Å². The van der Waals surface area contributed by atoms with Crippen LogP contribution >= 0.6 is 0 Å². The van der Waals surface area contributed by atoms with Gasteiger partial charge in [0.25, 0.3) is 5.91 Å². The van der Waals surface area contributed by atoms with Crippen LogP contribution in [0.4, 0.5) is 22.2 Å². The second-order valence-electron chi connectivity index (χ2n) is 10.6. The van der Waals surface area contributed by atoms with Crippen LogP contribution in [-0.4, -0.2) is 78.7 Å². The monoisotopic (exact) mass is 565 g/mol. The molecular formula is C30H43N7O4. The molecule has 0 bridgehead atoms. The normalized spacial score (nSPS) is 11.4. The van der Waals surface area contributed by atoms with E-state index in [1.54, 1.807) is 72.3 Å². The van der Waals surface area contributed by atoms with E-state index in [0.29, 0.717) is 42.3 Å². The third-order valence-electron chi connectivity index (χ3n) is 5.96. The number of hydrogen-bond donors (Lipinski definition) is 3. The van der Waals surface area contributed by atoms with Gasteiger partial charge in [-0.2, -0.15) is 4.98 Å². The number of ether oxygens (including phenoxy) is 1. The average molecular weight is 566 g/mol. The van der Waals surface area contributed by atoms with E-state index in [-0.39, 0.29) is 11.8 Å². The maximum absolute atomic E-state index is 12.5. The summed E-state index contributed by atoms with van der Waals surface area (Å²) in [5.74, 6) is 7.05. The standard InChI is InChI=1S/C30H43N7O4/c1-9-19-36(7)25-23(20-33-28(35-25)34-24-16-14-22(15-17-24)27(39)31-6)13-11-10-12-18-32-26(38)21(2)37(8)29(40)41-30(3,4)5/h14-17,20-21H,9-10,12,18-19H2,1-8H3,(H,31,39)(H,32,38)(H,33,34,35)/t21-/m0/s1. The number of aromatic nitrogens is 2. The molecule has 2 aromatic rings. The lowest BCUT2D eigenvalue weighted by molar-refractivity contribution is -0.125. The van der Waals surface area contributed by atoms with Crippen LogP contribution in [0.5, 0.6) is 0 Å². The van der Waals surface area contributed by atoms with Crippen molar-refractivity contribution in [3.63, 3.8) is 0 Å². The Balaban J connectivity index is 1.98. The fraction of sp³-hybridized carbons (Fsp3) is 0.500. The maximum atomic E-state index is 12.5. The molecule has 0 spiro atoms. The van der Waals surface area contributed by atoms with Gasteiger partial charge >= 0.3 is 6.09 Å². The van der Waals surface area contributed by atoms with Gasteiger partial charge in [-0.05, 0) is 64.8 Å². The lowest BCUT2D eigenvalue weighted by Gasteiger charge is -2.28. The van der Waals surface area contributed by atoms with Gasteiger partial charge in [0.1, 0.15) is 17.5 Å². The summed E-state index contributed by atoms with van der Waals surface area (Å²) in [5.41, 5.74) is 1.40. The number of likely N-dealkylation sites (N-methyl/N-ethyl adjacent to an activating group) is 1. The van der Waals surface area contributed by atoms with E-state index in [9.17, 15) is 14.4 Å². The largest absolute Gasteiger partial charge is 0.444 e. The number of carbonyl (C=O) groups excluding carboxylic acids is 3. The zero-order valence-corrected chi connectivity index (χ0v) is 25.4. The highest BCUT2D eigenvalue weighted by molar-refractivity contribution is 5.94. The average Bonchev–Trinajstić information content (AvgIpc) is 2.93. The highest BCUT2D eigenvalue weighted by Crippen LogP contribution is 2.20. The summed E-state index contributed by atoms with van der Waals surface area (Å²) in [6.07, 6.45) is 3.30. The molecule has 0 radical (unpaired) electrons. The predicted octanol–water partition coefficient (Wildman–Crippen LogP) is 3.93. The number of carbonyl (C=O) groups is 3. The molecule has 11 nitrogen and oxygen atoms in total. The summed E-state index contributed by atoms with van der Waals surface area (Å²) in [4.78, 5) is 48.9. The Bertz CT molecular complexity index is 1250. The van der Waals surface area contributed by atoms with E-state index in [0.717, 1.165) is 18.7 Å². The van der Waals surface area contributed by atoms with E-state index >= 15 is 0 Å². The SMILES string of the molecule is CCCN(C)c1nc(Nc2ccc(C(=O)NC)cc2)ncc1C#CCCCNC(=O)[C@H](C)N(C)C(=O)OC(C)(C)C. The lowest BCUT2D eigenvalue weighted by Crippen LogP contribution is -2.47. The minimum absolute atomic E-state index is 0.151. The molecule has 0 fully saturated rings. The smallest absolute Gasteiger partial charge is 0.410 e. The van der Waals surface area contributed by atoms with Crippen molar-refractivity contribution in [1.29, 1.82) is 0 Å². The number of hydrogen-bond acceptors (Lipinski definition) is 8. The van der Waals surface area contributed by atoms with Gasteiger partial charge in [-0.3, -0.25) is 14.5 Å². The molecule has 2 rings (SSSR count). The molecule has 0 saturated carbocycles. The van der Waals surface area contributed by atoms with Gasteiger partial charge in [0.15, 0.2) is 0 Å². The number of benzene rings is 1. The molecule has 11 heteroatoms. The number of nitrogens with one attached hydrogen (secondary N) is 3. The number of nitrogens with zero attached hydrogens (tertiary/aromatic N) is 4. The highest BCUT2D eigenvalue weighted by Gasteiger charge is 2.26. The molecule has 1 aromatic heterocycles. The van der Waals surface area contributed by atoms with Crippen LogP contribution in [0.1, 0.15) is 69.8 Å². The van der Waals surface area contributed by atoms with E-state index in [1.807, 2.05) is 11.9 Å². The Hall–Kier alpha value is -4.33. The highest BCUT2D eigenvalue weighted by atomic mass is 16.6. The van der Waals surface area contributed by atoms with Crippen LogP contribution in [0.25, 0.3) is 0 Å². The summed E-state index contributed by atoms with van der Waals surface area (Å²) >= 11 is 0. The van der Waals surface area contributed by atoms with Crippen LogP contribution in [0.2, 0.25) is 0 Å². The van der Waals surface area contributed by atoms with E-state index < -0.39 is 17.7 Å². The molecule has 3 N–H and O–H groups in total. The Kier molecular flexibility index (Phi) is 12.4. The van der Waals surface area contributed by atoms with Crippen molar-refractivity contribution in [2.45, 2.75) is 65.5 Å². The van der Waals surface area contributed by atoms with E-state index in [1.165, 1.54) is 4.90 Å². The Labute approximate surface area is 243 Å². The first-order valence-electron chi connectivity index (χ1n) is 13.8. The molecular weight excluding hydrogens is 522 g/mol. The Morgan fingerprint density at radius 3 is 2.41 bits per heavy atom. The molecule has 41 heavy (non-hydrogen) atoms. The molecule has 0 unspecified atom stereocenters. The van der Waals surface area contributed by atoms with Crippen molar-refractivity contribution < 1.29 is 19.1 Å². The molecule has 0 aliphatic carbocycles. The number of rotatable bonds is 11. The van der Waals surface area contributed by atoms with Crippen molar-refractivity contribution in [3.8, 4) is 11.8 Å². The zero-order valence-electron chi connectivity index (χ0n) is 25.4. The third kappa shape index (κ3) is 10.6. The molecule has 3 amide bonds. The van der Waals surface area contributed by atoms with E-state index in [2.05, 4.69) is 39.7 Å². The van der Waals surface area contributed by atoms with Crippen LogP contribution in [0.15, 0.2) is 30.5 Å². The van der Waals surface area contributed by atoms with Gasteiger partial charge in [-0.25, -0.2) is 9.78 Å². The molecule has 222 valence electrons. The quantitative estimate of drug-likeness (QED) is 0.276. The minimum Gasteiger partial charge on any atom is -0.444 e.